The van der Waals surface area contributed by atoms with Crippen LogP contribution in [0.15, 0.2) is 23.1 Å². The summed E-state index contributed by atoms with van der Waals surface area (Å²) in [6.07, 6.45) is -0.212. The van der Waals surface area contributed by atoms with Crippen molar-refractivity contribution < 1.29 is 14.3 Å². The molecule has 0 aliphatic carbocycles. The van der Waals surface area contributed by atoms with Gasteiger partial charge in [-0.25, -0.2) is 4.79 Å². The largest absolute Gasteiger partial charge is 0.444 e. The van der Waals surface area contributed by atoms with Crippen LogP contribution in [0.5, 0.6) is 0 Å². The van der Waals surface area contributed by atoms with Crippen molar-refractivity contribution in [2.75, 3.05) is 11.1 Å². The molecule has 2 amide bonds. The molecule has 0 aliphatic rings. The van der Waals surface area contributed by atoms with Crippen molar-refractivity contribution in [1.29, 1.82) is 0 Å². The number of thiol groups is 1. The minimum atomic E-state index is -0.710. The lowest BCUT2D eigenvalue weighted by molar-refractivity contribution is -0.118. The first kappa shape index (κ1) is 18.2. The van der Waals surface area contributed by atoms with E-state index >= 15 is 0 Å². The minimum Gasteiger partial charge on any atom is -0.444 e. The summed E-state index contributed by atoms with van der Waals surface area (Å²) >= 11 is 4.20. The molecule has 0 aliphatic heterocycles. The second-order valence-electron chi connectivity index (χ2n) is 5.83. The zero-order valence-corrected chi connectivity index (χ0v) is 14.2. The second kappa shape index (κ2) is 7.40. The summed E-state index contributed by atoms with van der Waals surface area (Å²) in [6.45, 7) is 7.06. The molecule has 0 bridgehead atoms. The molecule has 0 spiro atoms. The molecule has 0 saturated heterocycles. The standard InChI is InChI=1S/C15H23N3O3S/c1-5-9(18-14(20)21-15(2,3)4)13(19)17-10-7-6-8-11(22)12(10)16/h6-9,22H,5,16H2,1-4H3,(H,17,19)(H,18,20)/t9-/m0/s1. The molecule has 0 aromatic heterocycles. The van der Waals surface area contributed by atoms with E-state index in [1.807, 2.05) is 0 Å². The van der Waals surface area contributed by atoms with Crippen LogP contribution >= 0.6 is 12.6 Å². The van der Waals surface area contributed by atoms with E-state index in [9.17, 15) is 9.59 Å². The Balaban J connectivity index is 2.73. The van der Waals surface area contributed by atoms with E-state index in [4.69, 9.17) is 10.5 Å². The monoisotopic (exact) mass is 325 g/mol. The van der Waals surface area contributed by atoms with Gasteiger partial charge in [-0.3, -0.25) is 4.79 Å². The molecule has 1 aromatic rings. The van der Waals surface area contributed by atoms with E-state index in [-0.39, 0.29) is 5.91 Å². The number of rotatable bonds is 4. The normalized spacial score (nSPS) is 12.4. The van der Waals surface area contributed by atoms with Gasteiger partial charge in [0.05, 0.1) is 11.4 Å². The second-order valence-corrected chi connectivity index (χ2v) is 6.32. The highest BCUT2D eigenvalue weighted by atomic mass is 32.1. The van der Waals surface area contributed by atoms with Crippen LogP contribution in [0.3, 0.4) is 0 Å². The highest BCUT2D eigenvalue weighted by Gasteiger charge is 2.23. The maximum Gasteiger partial charge on any atom is 0.408 e. The number of hydrogen-bond donors (Lipinski definition) is 4. The first-order chi connectivity index (χ1) is 10.1. The van der Waals surface area contributed by atoms with Crippen molar-refractivity contribution in [3.8, 4) is 0 Å². The van der Waals surface area contributed by atoms with Gasteiger partial charge in [-0.2, -0.15) is 0 Å². The molecular weight excluding hydrogens is 302 g/mol. The summed E-state index contributed by atoms with van der Waals surface area (Å²) in [6, 6.07) is 4.42. The Morgan fingerprint density at radius 1 is 1.36 bits per heavy atom. The molecule has 0 radical (unpaired) electrons. The van der Waals surface area contributed by atoms with Gasteiger partial charge in [-0.1, -0.05) is 13.0 Å². The van der Waals surface area contributed by atoms with Crippen LogP contribution in [0, 0.1) is 0 Å². The van der Waals surface area contributed by atoms with Gasteiger partial charge in [-0.05, 0) is 39.3 Å². The van der Waals surface area contributed by atoms with E-state index < -0.39 is 17.7 Å². The average molecular weight is 325 g/mol. The minimum absolute atomic E-state index is 0.362. The average Bonchev–Trinajstić information content (AvgIpc) is 2.39. The number of hydrogen-bond acceptors (Lipinski definition) is 5. The van der Waals surface area contributed by atoms with Crippen LogP contribution in [0.1, 0.15) is 34.1 Å². The third-order valence-corrected chi connectivity index (χ3v) is 3.15. The number of carbonyl (C=O) groups is 2. The number of nitrogen functional groups attached to an aromatic ring is 1. The van der Waals surface area contributed by atoms with E-state index in [2.05, 4.69) is 23.3 Å². The Morgan fingerprint density at radius 2 is 2.00 bits per heavy atom. The first-order valence-electron chi connectivity index (χ1n) is 7.02. The quantitative estimate of drug-likeness (QED) is 0.506. The smallest absolute Gasteiger partial charge is 0.408 e. The fourth-order valence-corrected chi connectivity index (χ4v) is 1.89. The fraction of sp³-hybridized carbons (Fsp3) is 0.467. The molecule has 1 aromatic carbocycles. The zero-order valence-electron chi connectivity index (χ0n) is 13.3. The lowest BCUT2D eigenvalue weighted by Crippen LogP contribution is -2.45. The molecule has 0 saturated carbocycles. The third kappa shape index (κ3) is 5.48. The number of para-hydroxylation sites is 1. The van der Waals surface area contributed by atoms with E-state index in [0.29, 0.717) is 22.7 Å². The van der Waals surface area contributed by atoms with Crippen LogP contribution in [-0.2, 0) is 9.53 Å². The lowest BCUT2D eigenvalue weighted by atomic mass is 10.2. The summed E-state index contributed by atoms with van der Waals surface area (Å²) in [5.41, 5.74) is 6.07. The Bertz CT molecular complexity index is 555. The van der Waals surface area contributed by atoms with Gasteiger partial charge in [0.2, 0.25) is 5.91 Å². The van der Waals surface area contributed by atoms with Crippen LogP contribution < -0.4 is 16.4 Å². The third-order valence-electron chi connectivity index (χ3n) is 2.76. The molecule has 122 valence electrons. The molecule has 0 heterocycles. The van der Waals surface area contributed by atoms with Gasteiger partial charge in [0.25, 0.3) is 0 Å². The van der Waals surface area contributed by atoms with Gasteiger partial charge in [0.1, 0.15) is 11.6 Å². The van der Waals surface area contributed by atoms with Crippen molar-refractivity contribution in [3.63, 3.8) is 0 Å². The number of carbonyl (C=O) groups excluding carboxylic acids is 2. The Hall–Kier alpha value is -1.89. The van der Waals surface area contributed by atoms with E-state index in [1.54, 1.807) is 45.9 Å². The van der Waals surface area contributed by atoms with E-state index in [1.165, 1.54) is 0 Å². The highest BCUT2D eigenvalue weighted by Crippen LogP contribution is 2.25. The van der Waals surface area contributed by atoms with Gasteiger partial charge >= 0.3 is 6.09 Å². The summed E-state index contributed by atoms with van der Waals surface area (Å²) in [5, 5.41) is 5.23. The van der Waals surface area contributed by atoms with Crippen LogP contribution in [0.4, 0.5) is 16.2 Å². The number of amides is 2. The number of ether oxygens (including phenoxy) is 1. The fourth-order valence-electron chi connectivity index (χ4n) is 1.68. The first-order valence-corrected chi connectivity index (χ1v) is 7.46. The molecule has 4 N–H and O–H groups in total. The molecule has 1 rings (SSSR count). The molecule has 0 fully saturated rings. The van der Waals surface area contributed by atoms with Crippen molar-refractivity contribution in [2.45, 2.75) is 50.7 Å². The molecule has 0 unspecified atom stereocenters. The van der Waals surface area contributed by atoms with Crippen molar-refractivity contribution >= 4 is 36.0 Å². The number of nitrogens with one attached hydrogen (secondary N) is 2. The Kier molecular flexibility index (Phi) is 6.11. The number of benzene rings is 1. The maximum absolute atomic E-state index is 12.2. The highest BCUT2D eigenvalue weighted by molar-refractivity contribution is 7.80. The number of anilines is 2. The molecule has 7 heteroatoms. The molecule has 22 heavy (non-hydrogen) atoms. The lowest BCUT2D eigenvalue weighted by Gasteiger charge is -2.23. The summed E-state index contributed by atoms with van der Waals surface area (Å²) in [7, 11) is 0. The van der Waals surface area contributed by atoms with Crippen molar-refractivity contribution in [2.24, 2.45) is 0 Å². The summed E-state index contributed by atoms with van der Waals surface area (Å²) in [5.74, 6) is -0.362. The van der Waals surface area contributed by atoms with Crippen LogP contribution in [-0.4, -0.2) is 23.6 Å². The van der Waals surface area contributed by atoms with Crippen LogP contribution in [0.25, 0.3) is 0 Å². The summed E-state index contributed by atoms with van der Waals surface area (Å²) < 4.78 is 5.15. The summed E-state index contributed by atoms with van der Waals surface area (Å²) in [4.78, 5) is 24.6. The maximum atomic E-state index is 12.2. The SMILES string of the molecule is CC[C@H](NC(=O)OC(C)(C)C)C(=O)Nc1cccc(S)c1N. The number of nitrogens with two attached hydrogens (primary N) is 1. The Morgan fingerprint density at radius 3 is 2.55 bits per heavy atom. The molecule has 1 atom stereocenters. The van der Waals surface area contributed by atoms with Crippen molar-refractivity contribution in [1.82, 2.24) is 5.32 Å². The topological polar surface area (TPSA) is 93.4 Å². The van der Waals surface area contributed by atoms with Crippen LogP contribution in [0.2, 0.25) is 0 Å². The molecule has 6 nitrogen and oxygen atoms in total. The van der Waals surface area contributed by atoms with Gasteiger partial charge in [0, 0.05) is 4.90 Å². The van der Waals surface area contributed by atoms with Gasteiger partial charge < -0.3 is 21.1 Å². The van der Waals surface area contributed by atoms with Gasteiger partial charge in [0.15, 0.2) is 0 Å². The zero-order chi connectivity index (χ0) is 16.9. The van der Waals surface area contributed by atoms with Crippen molar-refractivity contribution in [3.05, 3.63) is 18.2 Å². The predicted octanol–water partition coefficient (Wildman–Crippen LogP) is 2.80. The number of alkyl carbamates (subject to hydrolysis) is 1. The van der Waals surface area contributed by atoms with Gasteiger partial charge in [-0.15, -0.1) is 12.6 Å². The Labute approximate surface area is 136 Å². The predicted molar refractivity (Wildman–Crippen MR) is 90.2 cm³/mol. The van der Waals surface area contributed by atoms with E-state index in [0.717, 1.165) is 0 Å². The molecular formula is C15H23N3O3S.